The van der Waals surface area contributed by atoms with Crippen LogP contribution in [0, 0.1) is 0 Å². The van der Waals surface area contributed by atoms with Crippen LogP contribution in [-0.2, 0) is 11.4 Å². The van der Waals surface area contributed by atoms with Gasteiger partial charge in [0.05, 0.1) is 13.7 Å². The van der Waals surface area contributed by atoms with Crippen LogP contribution in [0.4, 0.5) is 0 Å². The number of nitrogens with zero attached hydrogens (tertiary/aromatic N) is 1. The van der Waals surface area contributed by atoms with Crippen molar-refractivity contribution in [2.45, 2.75) is 26.5 Å². The lowest BCUT2D eigenvalue weighted by Gasteiger charge is -2.21. The molecular weight excluding hydrogens is 246 g/mol. The first-order valence-electron chi connectivity index (χ1n) is 6.15. The summed E-state index contributed by atoms with van der Waals surface area (Å²) in [4.78, 5) is 13.4. The van der Waals surface area contributed by atoms with E-state index in [1.165, 1.54) is 0 Å². The third-order valence-corrected chi connectivity index (χ3v) is 2.96. The molecule has 0 saturated heterocycles. The topological polar surface area (TPSA) is 59.0 Å². The molecule has 106 valence electrons. The molecule has 19 heavy (non-hydrogen) atoms. The van der Waals surface area contributed by atoms with Gasteiger partial charge in [-0.1, -0.05) is 0 Å². The number of rotatable bonds is 6. The predicted molar refractivity (Wildman–Crippen MR) is 72.3 cm³/mol. The van der Waals surface area contributed by atoms with Gasteiger partial charge in [-0.3, -0.25) is 4.79 Å². The smallest absolute Gasteiger partial charge is 0.260 e. The van der Waals surface area contributed by atoms with Crippen LogP contribution in [0.2, 0.25) is 0 Å². The number of benzene rings is 1. The molecule has 0 aliphatic heterocycles. The molecule has 0 unspecified atom stereocenters. The fourth-order valence-corrected chi connectivity index (χ4v) is 1.46. The van der Waals surface area contributed by atoms with Crippen LogP contribution in [0.15, 0.2) is 18.2 Å². The molecule has 1 rings (SSSR count). The summed E-state index contributed by atoms with van der Waals surface area (Å²) < 4.78 is 10.6. The van der Waals surface area contributed by atoms with Crippen molar-refractivity contribution in [1.29, 1.82) is 0 Å². The molecule has 0 spiro atoms. The maximum Gasteiger partial charge on any atom is 0.260 e. The van der Waals surface area contributed by atoms with Gasteiger partial charge in [-0.2, -0.15) is 0 Å². The second-order valence-corrected chi connectivity index (χ2v) is 4.52. The summed E-state index contributed by atoms with van der Waals surface area (Å²) >= 11 is 0. The molecule has 5 nitrogen and oxygen atoms in total. The highest BCUT2D eigenvalue weighted by Crippen LogP contribution is 2.24. The number of hydrogen-bond acceptors (Lipinski definition) is 4. The van der Waals surface area contributed by atoms with Gasteiger partial charge in [0.25, 0.3) is 5.91 Å². The fourth-order valence-electron chi connectivity index (χ4n) is 1.46. The highest BCUT2D eigenvalue weighted by Gasteiger charge is 2.14. The van der Waals surface area contributed by atoms with E-state index in [0.29, 0.717) is 17.1 Å². The number of carbonyl (C=O) groups excluding carboxylic acids is 1. The van der Waals surface area contributed by atoms with Crippen molar-refractivity contribution in [2.24, 2.45) is 0 Å². The number of carbonyl (C=O) groups is 1. The van der Waals surface area contributed by atoms with E-state index in [9.17, 15) is 9.90 Å². The predicted octanol–water partition coefficient (Wildman–Crippen LogP) is 1.43. The summed E-state index contributed by atoms with van der Waals surface area (Å²) in [6.07, 6.45) is 0. The van der Waals surface area contributed by atoms with Crippen LogP contribution < -0.4 is 9.47 Å². The van der Waals surface area contributed by atoms with Gasteiger partial charge in [0.1, 0.15) is 11.5 Å². The second-order valence-electron chi connectivity index (χ2n) is 4.52. The lowest BCUT2D eigenvalue weighted by atomic mass is 10.2. The van der Waals surface area contributed by atoms with Crippen molar-refractivity contribution < 1.29 is 19.4 Å². The van der Waals surface area contributed by atoms with Crippen molar-refractivity contribution in [2.75, 3.05) is 20.8 Å². The minimum Gasteiger partial charge on any atom is -0.497 e. The van der Waals surface area contributed by atoms with Crippen molar-refractivity contribution >= 4 is 5.91 Å². The quantitative estimate of drug-likeness (QED) is 0.847. The summed E-state index contributed by atoms with van der Waals surface area (Å²) in [6, 6.07) is 5.23. The summed E-state index contributed by atoms with van der Waals surface area (Å²) in [5.41, 5.74) is 0.626. The molecule has 0 aliphatic carbocycles. The molecular formula is C14H21NO4. The van der Waals surface area contributed by atoms with Gasteiger partial charge in [-0.25, -0.2) is 0 Å². The van der Waals surface area contributed by atoms with E-state index < -0.39 is 0 Å². The first kappa shape index (κ1) is 15.3. The third kappa shape index (κ3) is 4.13. The molecule has 0 heterocycles. The van der Waals surface area contributed by atoms with Crippen LogP contribution in [-0.4, -0.2) is 42.7 Å². The van der Waals surface area contributed by atoms with Gasteiger partial charge in [0.2, 0.25) is 0 Å². The molecule has 0 aliphatic rings. The van der Waals surface area contributed by atoms with Crippen LogP contribution in [0.5, 0.6) is 11.5 Å². The molecule has 1 N–H and O–H groups in total. The highest BCUT2D eigenvalue weighted by atomic mass is 16.5. The van der Waals surface area contributed by atoms with Crippen LogP contribution in [0.3, 0.4) is 0 Å². The van der Waals surface area contributed by atoms with Gasteiger partial charge in [0.15, 0.2) is 6.61 Å². The highest BCUT2D eigenvalue weighted by molar-refractivity contribution is 5.77. The zero-order valence-electron chi connectivity index (χ0n) is 11.8. The maximum absolute atomic E-state index is 11.8. The monoisotopic (exact) mass is 267 g/mol. The van der Waals surface area contributed by atoms with Crippen LogP contribution in [0.25, 0.3) is 0 Å². The Morgan fingerprint density at radius 1 is 1.42 bits per heavy atom. The Balaban J connectivity index is 2.73. The minimum absolute atomic E-state index is 0.0607. The Morgan fingerprint density at radius 3 is 2.63 bits per heavy atom. The Labute approximate surface area is 113 Å². The summed E-state index contributed by atoms with van der Waals surface area (Å²) in [7, 11) is 3.28. The zero-order valence-corrected chi connectivity index (χ0v) is 11.8. The normalized spacial score (nSPS) is 10.4. The molecule has 1 amide bonds. The van der Waals surface area contributed by atoms with E-state index in [-0.39, 0.29) is 25.2 Å². The Kier molecular flexibility index (Phi) is 5.63. The number of aliphatic hydroxyl groups is 1. The Hall–Kier alpha value is -1.75. The van der Waals surface area contributed by atoms with E-state index >= 15 is 0 Å². The van der Waals surface area contributed by atoms with Crippen LogP contribution >= 0.6 is 0 Å². The van der Waals surface area contributed by atoms with Gasteiger partial charge >= 0.3 is 0 Å². The number of methoxy groups -OCH3 is 1. The molecule has 0 fully saturated rings. The summed E-state index contributed by atoms with van der Waals surface area (Å²) in [5.74, 6) is 0.978. The van der Waals surface area contributed by atoms with E-state index in [0.717, 1.165) is 0 Å². The molecule has 0 aromatic heterocycles. The number of amides is 1. The van der Waals surface area contributed by atoms with Gasteiger partial charge < -0.3 is 19.5 Å². The molecule has 0 bridgehead atoms. The SMILES string of the molecule is COc1ccc(CO)c(OCC(=O)N(C)C(C)C)c1. The number of ether oxygens (including phenoxy) is 2. The number of likely N-dealkylation sites (N-methyl/N-ethyl adjacent to an activating group) is 1. The molecule has 1 aromatic carbocycles. The van der Waals surface area contributed by atoms with Gasteiger partial charge in [-0.15, -0.1) is 0 Å². The van der Waals surface area contributed by atoms with E-state index in [4.69, 9.17) is 9.47 Å². The molecule has 0 atom stereocenters. The first-order chi connectivity index (χ1) is 8.99. The Morgan fingerprint density at radius 2 is 2.11 bits per heavy atom. The molecule has 0 radical (unpaired) electrons. The average molecular weight is 267 g/mol. The van der Waals surface area contributed by atoms with Crippen molar-refractivity contribution in [1.82, 2.24) is 4.90 Å². The van der Waals surface area contributed by atoms with Crippen molar-refractivity contribution in [3.63, 3.8) is 0 Å². The fraction of sp³-hybridized carbons (Fsp3) is 0.500. The second kappa shape index (κ2) is 6.99. The third-order valence-electron chi connectivity index (χ3n) is 2.96. The Bertz CT molecular complexity index is 431. The average Bonchev–Trinajstić information content (AvgIpc) is 2.43. The van der Waals surface area contributed by atoms with E-state index in [1.807, 2.05) is 13.8 Å². The number of aliphatic hydroxyl groups excluding tert-OH is 1. The van der Waals surface area contributed by atoms with E-state index in [1.54, 1.807) is 37.3 Å². The molecule has 0 saturated carbocycles. The lowest BCUT2D eigenvalue weighted by molar-refractivity contribution is -0.133. The van der Waals surface area contributed by atoms with Gasteiger partial charge in [0, 0.05) is 24.7 Å². The maximum atomic E-state index is 11.8. The molecule has 5 heteroatoms. The zero-order chi connectivity index (χ0) is 14.4. The molecule has 1 aromatic rings. The van der Waals surface area contributed by atoms with Crippen molar-refractivity contribution in [3.8, 4) is 11.5 Å². The lowest BCUT2D eigenvalue weighted by Crippen LogP contribution is -2.36. The van der Waals surface area contributed by atoms with E-state index in [2.05, 4.69) is 0 Å². The van der Waals surface area contributed by atoms with Crippen molar-refractivity contribution in [3.05, 3.63) is 23.8 Å². The van der Waals surface area contributed by atoms with Gasteiger partial charge in [-0.05, 0) is 26.0 Å². The minimum atomic E-state index is -0.145. The number of hydrogen-bond donors (Lipinski definition) is 1. The summed E-state index contributed by atoms with van der Waals surface area (Å²) in [6.45, 7) is 3.66. The summed E-state index contributed by atoms with van der Waals surface area (Å²) in [5, 5.41) is 9.23. The van der Waals surface area contributed by atoms with Crippen LogP contribution in [0.1, 0.15) is 19.4 Å². The first-order valence-corrected chi connectivity index (χ1v) is 6.15. The largest absolute Gasteiger partial charge is 0.497 e. The standard InChI is InChI=1S/C14H21NO4/c1-10(2)15(3)14(17)9-19-13-7-12(18-4)6-5-11(13)8-16/h5-7,10,16H,8-9H2,1-4H3.